The molecule has 0 unspecified atom stereocenters. The second kappa shape index (κ2) is 5.12. The molecule has 0 amide bonds. The fourth-order valence-electron chi connectivity index (χ4n) is 1.61. The van der Waals surface area contributed by atoms with Crippen LogP contribution in [-0.4, -0.2) is 19.7 Å². The molecule has 0 aliphatic heterocycles. The molecule has 0 aromatic carbocycles. The largest absolute Gasteiger partial charge is 0.431 e. The molecule has 2 aromatic rings. The number of aromatic amines is 1. The van der Waals surface area contributed by atoms with Gasteiger partial charge in [0.15, 0.2) is 4.77 Å². The van der Waals surface area contributed by atoms with Crippen LogP contribution in [0.1, 0.15) is 19.0 Å². The lowest BCUT2D eigenvalue weighted by molar-refractivity contribution is -0.141. The Morgan fingerprint density at radius 2 is 2.16 bits per heavy atom. The zero-order chi connectivity index (χ0) is 14.0. The normalized spacial score (nSPS) is 11.8. The summed E-state index contributed by atoms with van der Waals surface area (Å²) in [5, 5.41) is 4.06. The quantitative estimate of drug-likeness (QED) is 0.880. The van der Waals surface area contributed by atoms with E-state index in [4.69, 9.17) is 12.2 Å². The summed E-state index contributed by atoms with van der Waals surface area (Å²) in [7, 11) is 0. The summed E-state index contributed by atoms with van der Waals surface area (Å²) >= 11 is 4.72. The summed E-state index contributed by atoms with van der Waals surface area (Å²) in [6.45, 7) is 2.69. The number of alkyl halides is 3. The van der Waals surface area contributed by atoms with Gasteiger partial charge < -0.3 is 4.98 Å². The maximum absolute atomic E-state index is 12.7. The highest BCUT2D eigenvalue weighted by atomic mass is 32.1. The van der Waals surface area contributed by atoms with Crippen molar-refractivity contribution in [1.29, 1.82) is 0 Å². The van der Waals surface area contributed by atoms with Gasteiger partial charge in [0.05, 0.1) is 11.9 Å². The molecule has 0 aliphatic carbocycles. The van der Waals surface area contributed by atoms with E-state index in [2.05, 4.69) is 10.1 Å². The van der Waals surface area contributed by atoms with Crippen LogP contribution >= 0.6 is 12.2 Å². The number of halogens is 3. The summed E-state index contributed by atoms with van der Waals surface area (Å²) in [6, 6.07) is 0.934. The molecule has 0 bridgehead atoms. The van der Waals surface area contributed by atoms with Crippen LogP contribution in [0.25, 0.3) is 11.3 Å². The number of H-pyrrole nitrogens is 1. The van der Waals surface area contributed by atoms with Gasteiger partial charge in [-0.15, -0.1) is 0 Å². The number of nitrogens with one attached hydrogen (secondary N) is 1. The summed E-state index contributed by atoms with van der Waals surface area (Å²) in [5.74, 6) is 0. The van der Waals surface area contributed by atoms with E-state index in [-0.39, 0.29) is 10.5 Å². The molecule has 0 aliphatic rings. The van der Waals surface area contributed by atoms with Crippen molar-refractivity contribution in [3.8, 4) is 11.3 Å². The smallest absolute Gasteiger partial charge is 0.327 e. The molecule has 2 rings (SSSR count). The first kappa shape index (κ1) is 13.7. The number of nitrogens with zero attached hydrogens (tertiary/aromatic N) is 3. The van der Waals surface area contributed by atoms with Crippen LogP contribution in [0, 0.1) is 4.77 Å². The molecule has 8 heteroatoms. The van der Waals surface area contributed by atoms with Crippen molar-refractivity contribution in [2.75, 3.05) is 0 Å². The topological polar surface area (TPSA) is 46.5 Å². The molecule has 102 valence electrons. The maximum atomic E-state index is 12.7. The van der Waals surface area contributed by atoms with Gasteiger partial charge in [-0.25, -0.2) is 4.98 Å². The molecular weight excluding hydrogens is 277 g/mol. The second-order valence-electron chi connectivity index (χ2n) is 3.98. The fourth-order valence-corrected chi connectivity index (χ4v) is 1.81. The molecular formula is C11H11F3N4S. The van der Waals surface area contributed by atoms with Gasteiger partial charge in [-0.05, 0) is 24.7 Å². The van der Waals surface area contributed by atoms with Crippen LogP contribution < -0.4 is 0 Å². The number of aryl methyl sites for hydroxylation is 1. The third-order valence-corrected chi connectivity index (χ3v) is 2.63. The van der Waals surface area contributed by atoms with Crippen molar-refractivity contribution < 1.29 is 13.2 Å². The Hall–Kier alpha value is -1.70. The van der Waals surface area contributed by atoms with E-state index in [1.165, 1.54) is 6.20 Å². The first-order valence-electron chi connectivity index (χ1n) is 5.61. The van der Waals surface area contributed by atoms with Gasteiger partial charge >= 0.3 is 6.18 Å². The van der Waals surface area contributed by atoms with Crippen molar-refractivity contribution in [3.63, 3.8) is 0 Å². The van der Waals surface area contributed by atoms with Gasteiger partial charge in [0.2, 0.25) is 0 Å². The van der Waals surface area contributed by atoms with Crippen molar-refractivity contribution >= 4 is 12.2 Å². The van der Waals surface area contributed by atoms with E-state index in [0.717, 1.165) is 12.5 Å². The van der Waals surface area contributed by atoms with Crippen LogP contribution in [0.4, 0.5) is 13.2 Å². The molecule has 19 heavy (non-hydrogen) atoms. The fraction of sp³-hybridized carbons (Fsp3) is 0.364. The highest BCUT2D eigenvalue weighted by Crippen LogP contribution is 2.29. The van der Waals surface area contributed by atoms with Gasteiger partial charge in [-0.3, -0.25) is 4.68 Å². The van der Waals surface area contributed by atoms with Crippen LogP contribution in [0.2, 0.25) is 0 Å². The highest BCUT2D eigenvalue weighted by Gasteiger charge is 2.32. The Kier molecular flexibility index (Phi) is 3.70. The second-order valence-corrected chi connectivity index (χ2v) is 4.36. The molecule has 0 saturated heterocycles. The van der Waals surface area contributed by atoms with E-state index in [1.54, 1.807) is 10.9 Å². The Labute approximate surface area is 112 Å². The SMILES string of the molecule is CCCn1cc(-c2cc(C(F)(F)F)[nH]c(=S)n2)cn1. The average Bonchev–Trinajstić information content (AvgIpc) is 2.76. The zero-order valence-corrected chi connectivity index (χ0v) is 10.8. The predicted octanol–water partition coefficient (Wildman–Crippen LogP) is 3.43. The van der Waals surface area contributed by atoms with Crippen molar-refractivity contribution in [2.45, 2.75) is 26.1 Å². The molecule has 0 saturated carbocycles. The standard InChI is InChI=1S/C11H11F3N4S/c1-2-3-18-6-7(5-15-18)8-4-9(11(12,13)14)17-10(19)16-8/h4-6H,2-3H2,1H3,(H,16,17,19). The van der Waals surface area contributed by atoms with Gasteiger partial charge in [0.1, 0.15) is 5.69 Å². The number of hydrogen-bond donors (Lipinski definition) is 1. The van der Waals surface area contributed by atoms with E-state index >= 15 is 0 Å². The molecule has 0 spiro atoms. The van der Waals surface area contributed by atoms with Crippen LogP contribution in [0.15, 0.2) is 18.5 Å². The molecule has 0 radical (unpaired) electrons. The monoisotopic (exact) mass is 288 g/mol. The third kappa shape index (κ3) is 3.19. The van der Waals surface area contributed by atoms with Crippen molar-refractivity contribution in [1.82, 2.24) is 19.7 Å². The van der Waals surface area contributed by atoms with E-state index in [1.807, 2.05) is 11.9 Å². The lowest BCUT2D eigenvalue weighted by Gasteiger charge is -2.07. The Morgan fingerprint density at radius 1 is 1.42 bits per heavy atom. The molecule has 0 atom stereocenters. The Morgan fingerprint density at radius 3 is 2.79 bits per heavy atom. The summed E-state index contributed by atoms with van der Waals surface area (Å²) in [6.07, 6.45) is -0.463. The first-order valence-corrected chi connectivity index (χ1v) is 6.02. The molecule has 0 fully saturated rings. The van der Waals surface area contributed by atoms with E-state index in [0.29, 0.717) is 12.1 Å². The Bertz CT molecular complexity index is 629. The van der Waals surface area contributed by atoms with Gasteiger partial charge in [0, 0.05) is 18.3 Å². The minimum Gasteiger partial charge on any atom is -0.327 e. The lowest BCUT2D eigenvalue weighted by atomic mass is 10.2. The number of rotatable bonds is 3. The minimum absolute atomic E-state index is 0.165. The summed E-state index contributed by atoms with van der Waals surface area (Å²) in [4.78, 5) is 5.94. The zero-order valence-electron chi connectivity index (χ0n) is 10.0. The van der Waals surface area contributed by atoms with Gasteiger partial charge in [0.25, 0.3) is 0 Å². The van der Waals surface area contributed by atoms with Crippen molar-refractivity contribution in [2.24, 2.45) is 0 Å². The minimum atomic E-state index is -4.48. The predicted molar refractivity (Wildman–Crippen MR) is 65.9 cm³/mol. The van der Waals surface area contributed by atoms with Crippen LogP contribution in [0.3, 0.4) is 0 Å². The Balaban J connectivity index is 2.44. The maximum Gasteiger partial charge on any atom is 0.431 e. The third-order valence-electron chi connectivity index (χ3n) is 2.43. The molecule has 2 heterocycles. The van der Waals surface area contributed by atoms with Gasteiger partial charge in [-0.1, -0.05) is 6.92 Å². The molecule has 2 aromatic heterocycles. The van der Waals surface area contributed by atoms with Crippen molar-refractivity contribution in [3.05, 3.63) is 28.9 Å². The summed E-state index contributed by atoms with van der Waals surface area (Å²) in [5.41, 5.74) is -0.233. The highest BCUT2D eigenvalue weighted by molar-refractivity contribution is 7.71. The number of hydrogen-bond acceptors (Lipinski definition) is 3. The lowest BCUT2D eigenvalue weighted by Crippen LogP contribution is -2.09. The summed E-state index contributed by atoms with van der Waals surface area (Å²) < 4.78 is 39.4. The number of aromatic nitrogens is 4. The van der Waals surface area contributed by atoms with E-state index in [9.17, 15) is 13.2 Å². The van der Waals surface area contributed by atoms with Crippen LogP contribution in [-0.2, 0) is 12.7 Å². The average molecular weight is 288 g/mol. The van der Waals surface area contributed by atoms with E-state index < -0.39 is 11.9 Å². The molecule has 1 N–H and O–H groups in total. The molecule has 4 nitrogen and oxygen atoms in total. The van der Waals surface area contributed by atoms with Gasteiger partial charge in [-0.2, -0.15) is 18.3 Å². The van der Waals surface area contributed by atoms with Crippen LogP contribution in [0.5, 0.6) is 0 Å². The first-order chi connectivity index (χ1) is 8.90.